The number of aromatic nitrogens is 1. The van der Waals surface area contributed by atoms with Crippen molar-refractivity contribution in [2.75, 3.05) is 36.0 Å². The Morgan fingerprint density at radius 2 is 1.74 bits per heavy atom. The molecule has 0 radical (unpaired) electrons. The summed E-state index contributed by atoms with van der Waals surface area (Å²) in [4.78, 5) is 32.5. The highest BCUT2D eigenvalue weighted by Crippen LogP contribution is 2.26. The minimum absolute atomic E-state index is 0.326. The Kier molecular flexibility index (Phi) is 4.85. The maximum Gasteiger partial charge on any atom is 0.290 e. The lowest BCUT2D eigenvalue weighted by atomic mass is 10.2. The number of imide groups is 1. The van der Waals surface area contributed by atoms with Gasteiger partial charge in [0.2, 0.25) is 0 Å². The van der Waals surface area contributed by atoms with Gasteiger partial charge in [-0.05, 0) is 54.6 Å². The SMILES string of the molecule is Cc1ccc(N2CCN(c3cc(/C=C4/SC(=O)NC4=O)ccn3)CC2)cc1. The topological polar surface area (TPSA) is 65.5 Å². The van der Waals surface area contributed by atoms with Crippen molar-refractivity contribution >= 4 is 40.5 Å². The summed E-state index contributed by atoms with van der Waals surface area (Å²) >= 11 is 0.930. The quantitative estimate of drug-likeness (QED) is 0.826. The third-order valence-electron chi connectivity index (χ3n) is 4.71. The van der Waals surface area contributed by atoms with Gasteiger partial charge in [-0.2, -0.15) is 0 Å². The number of thioether (sulfide) groups is 1. The number of pyridine rings is 1. The molecule has 27 heavy (non-hydrogen) atoms. The van der Waals surface area contributed by atoms with Crippen molar-refractivity contribution in [2.45, 2.75) is 6.92 Å². The molecule has 138 valence electrons. The average molecular weight is 380 g/mol. The fourth-order valence-electron chi connectivity index (χ4n) is 3.22. The first-order chi connectivity index (χ1) is 13.1. The fraction of sp³-hybridized carbons (Fsp3) is 0.250. The van der Waals surface area contributed by atoms with Crippen LogP contribution in [0.25, 0.3) is 6.08 Å². The summed E-state index contributed by atoms with van der Waals surface area (Å²) in [5.41, 5.74) is 3.39. The molecule has 0 atom stereocenters. The predicted octanol–water partition coefficient (Wildman–Crippen LogP) is 3.04. The second-order valence-electron chi connectivity index (χ2n) is 6.61. The van der Waals surface area contributed by atoms with Crippen molar-refractivity contribution in [3.05, 3.63) is 58.6 Å². The van der Waals surface area contributed by atoms with E-state index in [0.29, 0.717) is 4.91 Å². The first kappa shape index (κ1) is 17.6. The van der Waals surface area contributed by atoms with Crippen molar-refractivity contribution < 1.29 is 9.59 Å². The van der Waals surface area contributed by atoms with Gasteiger partial charge in [-0.25, -0.2) is 4.98 Å². The Morgan fingerprint density at radius 1 is 1.04 bits per heavy atom. The maximum atomic E-state index is 11.7. The smallest absolute Gasteiger partial charge is 0.290 e. The van der Waals surface area contributed by atoms with Crippen LogP contribution in [0.4, 0.5) is 16.3 Å². The molecule has 2 aromatic rings. The first-order valence-corrected chi connectivity index (χ1v) is 9.67. The molecule has 0 bridgehead atoms. The zero-order valence-corrected chi connectivity index (χ0v) is 15.8. The van der Waals surface area contributed by atoms with Crippen molar-refractivity contribution in [2.24, 2.45) is 0 Å². The van der Waals surface area contributed by atoms with Crippen LogP contribution in [-0.2, 0) is 4.79 Å². The Balaban J connectivity index is 1.44. The third-order valence-corrected chi connectivity index (χ3v) is 5.52. The van der Waals surface area contributed by atoms with Crippen LogP contribution in [-0.4, -0.2) is 42.3 Å². The molecule has 2 saturated heterocycles. The van der Waals surface area contributed by atoms with Crippen LogP contribution in [0.3, 0.4) is 0 Å². The van der Waals surface area contributed by atoms with E-state index < -0.39 is 0 Å². The molecule has 7 heteroatoms. The van der Waals surface area contributed by atoms with Crippen molar-refractivity contribution in [3.63, 3.8) is 0 Å². The van der Waals surface area contributed by atoms with Gasteiger partial charge in [0.05, 0.1) is 4.91 Å². The summed E-state index contributed by atoms with van der Waals surface area (Å²) in [5.74, 6) is 0.553. The van der Waals surface area contributed by atoms with E-state index in [1.165, 1.54) is 11.3 Å². The molecule has 0 unspecified atom stereocenters. The number of carbonyl (C=O) groups excluding carboxylic acids is 2. The Hall–Kier alpha value is -2.80. The van der Waals surface area contributed by atoms with E-state index in [1.54, 1.807) is 12.3 Å². The van der Waals surface area contributed by atoms with Crippen molar-refractivity contribution in [1.29, 1.82) is 0 Å². The van der Waals surface area contributed by atoms with E-state index in [-0.39, 0.29) is 11.1 Å². The first-order valence-electron chi connectivity index (χ1n) is 8.86. The number of hydrogen-bond acceptors (Lipinski definition) is 6. The highest BCUT2D eigenvalue weighted by atomic mass is 32.2. The molecule has 0 spiro atoms. The van der Waals surface area contributed by atoms with Gasteiger partial charge in [0, 0.05) is 38.1 Å². The molecule has 2 aliphatic rings. The van der Waals surface area contributed by atoms with E-state index in [4.69, 9.17) is 0 Å². The van der Waals surface area contributed by atoms with Gasteiger partial charge in [0.25, 0.3) is 11.1 Å². The summed E-state index contributed by atoms with van der Waals surface area (Å²) in [7, 11) is 0. The summed E-state index contributed by atoms with van der Waals surface area (Å²) in [6, 6.07) is 12.4. The lowest BCUT2D eigenvalue weighted by molar-refractivity contribution is -0.115. The predicted molar refractivity (Wildman–Crippen MR) is 109 cm³/mol. The van der Waals surface area contributed by atoms with Crippen LogP contribution in [0.15, 0.2) is 47.5 Å². The Bertz CT molecular complexity index is 902. The van der Waals surface area contributed by atoms with Crippen LogP contribution in [0.1, 0.15) is 11.1 Å². The van der Waals surface area contributed by atoms with E-state index in [0.717, 1.165) is 49.3 Å². The summed E-state index contributed by atoms with van der Waals surface area (Å²) in [6.45, 7) is 5.73. The van der Waals surface area contributed by atoms with E-state index in [1.807, 2.05) is 12.1 Å². The van der Waals surface area contributed by atoms with Crippen LogP contribution >= 0.6 is 11.8 Å². The molecule has 0 aliphatic carbocycles. The molecule has 2 amide bonds. The zero-order chi connectivity index (χ0) is 18.8. The van der Waals surface area contributed by atoms with Crippen LogP contribution in [0.5, 0.6) is 0 Å². The number of benzene rings is 1. The molecule has 0 saturated carbocycles. The normalized spacial score (nSPS) is 18.9. The average Bonchev–Trinajstić information content (AvgIpc) is 3.00. The standard InChI is InChI=1S/C20H20N4O2S/c1-14-2-4-16(5-3-14)23-8-10-24(11-9-23)18-13-15(6-7-21-18)12-17-19(25)22-20(26)27-17/h2-7,12-13H,8-11H2,1H3,(H,22,25,26)/b17-12+. The van der Waals surface area contributed by atoms with Gasteiger partial charge in [0.1, 0.15) is 5.82 Å². The van der Waals surface area contributed by atoms with Crippen molar-refractivity contribution in [1.82, 2.24) is 10.3 Å². The number of aryl methyl sites for hydroxylation is 1. The summed E-state index contributed by atoms with van der Waals surface area (Å²) < 4.78 is 0. The highest BCUT2D eigenvalue weighted by molar-refractivity contribution is 8.18. The Labute approximate surface area is 162 Å². The molecule has 1 aromatic carbocycles. The molecule has 4 rings (SSSR count). The van der Waals surface area contributed by atoms with Crippen LogP contribution < -0.4 is 15.1 Å². The second kappa shape index (κ2) is 7.44. The minimum atomic E-state index is -0.338. The third kappa shape index (κ3) is 3.98. The number of amides is 2. The van der Waals surface area contributed by atoms with Gasteiger partial charge >= 0.3 is 0 Å². The van der Waals surface area contributed by atoms with Gasteiger partial charge in [-0.15, -0.1) is 0 Å². The molecule has 2 fully saturated rings. The zero-order valence-electron chi connectivity index (χ0n) is 15.0. The van der Waals surface area contributed by atoms with E-state index in [9.17, 15) is 9.59 Å². The van der Waals surface area contributed by atoms with E-state index in [2.05, 4.69) is 51.3 Å². The number of piperazine rings is 1. The number of nitrogens with one attached hydrogen (secondary N) is 1. The largest absolute Gasteiger partial charge is 0.368 e. The molecule has 1 aromatic heterocycles. The molecular formula is C20H20N4O2S. The van der Waals surface area contributed by atoms with Gasteiger partial charge in [0.15, 0.2) is 0 Å². The minimum Gasteiger partial charge on any atom is -0.368 e. The number of hydrogen-bond donors (Lipinski definition) is 1. The molecule has 2 aliphatic heterocycles. The molecular weight excluding hydrogens is 360 g/mol. The highest BCUT2D eigenvalue weighted by Gasteiger charge is 2.25. The number of rotatable bonds is 3. The van der Waals surface area contributed by atoms with Crippen LogP contribution in [0.2, 0.25) is 0 Å². The molecule has 1 N–H and O–H groups in total. The molecule has 3 heterocycles. The van der Waals surface area contributed by atoms with Crippen LogP contribution in [0, 0.1) is 6.92 Å². The summed E-state index contributed by atoms with van der Waals surface area (Å²) in [5, 5.41) is 1.95. The monoisotopic (exact) mass is 380 g/mol. The number of carbonyl (C=O) groups is 2. The second-order valence-corrected chi connectivity index (χ2v) is 7.62. The number of anilines is 2. The summed E-state index contributed by atoms with van der Waals surface area (Å²) in [6.07, 6.45) is 3.48. The van der Waals surface area contributed by atoms with Crippen molar-refractivity contribution in [3.8, 4) is 0 Å². The number of nitrogens with zero attached hydrogens (tertiary/aromatic N) is 3. The van der Waals surface area contributed by atoms with E-state index >= 15 is 0 Å². The lowest BCUT2D eigenvalue weighted by Crippen LogP contribution is -2.46. The Morgan fingerprint density at radius 3 is 2.41 bits per heavy atom. The molecule has 6 nitrogen and oxygen atoms in total. The fourth-order valence-corrected chi connectivity index (χ4v) is 3.90. The van der Waals surface area contributed by atoms with Gasteiger partial charge < -0.3 is 9.80 Å². The van der Waals surface area contributed by atoms with Gasteiger partial charge in [-0.3, -0.25) is 14.9 Å². The lowest BCUT2D eigenvalue weighted by Gasteiger charge is -2.36. The van der Waals surface area contributed by atoms with Gasteiger partial charge in [-0.1, -0.05) is 17.7 Å². The maximum absolute atomic E-state index is 11.7.